The Kier molecular flexibility index (Phi) is 3.31. The summed E-state index contributed by atoms with van der Waals surface area (Å²) in [5.41, 5.74) is -0.867. The summed E-state index contributed by atoms with van der Waals surface area (Å²) in [4.78, 5) is 0. The van der Waals surface area contributed by atoms with Crippen molar-refractivity contribution in [3.63, 3.8) is 0 Å². The van der Waals surface area contributed by atoms with Crippen molar-refractivity contribution in [3.8, 4) is 0 Å². The number of aliphatic hydroxyl groups excluding tert-OH is 1. The van der Waals surface area contributed by atoms with E-state index in [0.29, 0.717) is 0 Å². The van der Waals surface area contributed by atoms with Gasteiger partial charge in [-0.25, -0.2) is 0 Å². The summed E-state index contributed by atoms with van der Waals surface area (Å²) in [7, 11) is -0.739. The molecule has 0 aromatic carbocycles. The van der Waals surface area contributed by atoms with Crippen LogP contribution in [0.5, 0.6) is 0 Å². The van der Waals surface area contributed by atoms with E-state index in [1.54, 1.807) is 13.8 Å². The van der Waals surface area contributed by atoms with E-state index in [4.69, 9.17) is 15.2 Å². The SMILES string of the molecule is CB(O)NC(C)(C)C(O)O. The summed E-state index contributed by atoms with van der Waals surface area (Å²) in [6.07, 6.45) is -1.47. The Balaban J connectivity index is 3.87. The van der Waals surface area contributed by atoms with E-state index in [9.17, 15) is 0 Å². The Morgan fingerprint density at radius 2 is 1.80 bits per heavy atom. The highest BCUT2D eigenvalue weighted by Gasteiger charge is 2.27. The number of aliphatic hydroxyl groups is 2. The van der Waals surface area contributed by atoms with Crippen molar-refractivity contribution in [2.24, 2.45) is 0 Å². The molecule has 0 atom stereocenters. The van der Waals surface area contributed by atoms with Gasteiger partial charge < -0.3 is 20.5 Å². The van der Waals surface area contributed by atoms with Crippen LogP contribution in [0.15, 0.2) is 0 Å². The molecule has 0 saturated carbocycles. The van der Waals surface area contributed by atoms with Gasteiger partial charge in [-0.1, -0.05) is 0 Å². The average molecular weight is 147 g/mol. The molecule has 60 valence electrons. The van der Waals surface area contributed by atoms with Crippen LogP contribution in [-0.4, -0.2) is 34.1 Å². The highest BCUT2D eigenvalue weighted by Crippen LogP contribution is 2.05. The van der Waals surface area contributed by atoms with E-state index in [0.717, 1.165) is 0 Å². The quantitative estimate of drug-likeness (QED) is 0.298. The van der Waals surface area contributed by atoms with Gasteiger partial charge in [-0.3, -0.25) is 0 Å². The molecule has 0 unspecified atom stereocenters. The summed E-state index contributed by atoms with van der Waals surface area (Å²) < 4.78 is 0. The van der Waals surface area contributed by atoms with Gasteiger partial charge in [0.2, 0.25) is 0 Å². The molecule has 10 heavy (non-hydrogen) atoms. The normalized spacial score (nSPS) is 12.3. The lowest BCUT2D eigenvalue weighted by Crippen LogP contribution is -2.54. The highest BCUT2D eigenvalue weighted by atomic mass is 16.5. The molecule has 4 nitrogen and oxygen atoms in total. The number of rotatable bonds is 3. The van der Waals surface area contributed by atoms with Crippen molar-refractivity contribution in [1.82, 2.24) is 5.23 Å². The van der Waals surface area contributed by atoms with Crippen molar-refractivity contribution in [2.75, 3.05) is 0 Å². The number of nitrogens with one attached hydrogen (secondary N) is 1. The minimum Gasteiger partial charge on any atom is -0.437 e. The topological polar surface area (TPSA) is 72.7 Å². The molecule has 0 rings (SSSR count). The van der Waals surface area contributed by atoms with Crippen LogP contribution in [0, 0.1) is 0 Å². The van der Waals surface area contributed by atoms with Gasteiger partial charge in [0.05, 0.1) is 5.54 Å². The predicted octanol–water partition coefficient (Wildman–Crippen LogP) is -1.22. The van der Waals surface area contributed by atoms with Gasteiger partial charge in [-0.2, -0.15) is 0 Å². The Hall–Kier alpha value is -0.0951. The van der Waals surface area contributed by atoms with Crippen LogP contribution in [0.2, 0.25) is 6.82 Å². The van der Waals surface area contributed by atoms with Crippen LogP contribution in [0.25, 0.3) is 0 Å². The van der Waals surface area contributed by atoms with Gasteiger partial charge in [-0.15, -0.1) is 0 Å². The van der Waals surface area contributed by atoms with Gasteiger partial charge in [0.1, 0.15) is 0 Å². The Bertz CT molecular complexity index is 105. The minimum absolute atomic E-state index is 0.739. The van der Waals surface area contributed by atoms with Crippen molar-refractivity contribution in [2.45, 2.75) is 32.5 Å². The molecule has 0 heterocycles. The second-order valence-corrected chi connectivity index (χ2v) is 2.92. The van der Waals surface area contributed by atoms with Gasteiger partial charge in [0, 0.05) is 0 Å². The highest BCUT2D eigenvalue weighted by molar-refractivity contribution is 6.45. The summed E-state index contributed by atoms with van der Waals surface area (Å²) in [5.74, 6) is 0. The molecule has 0 aromatic rings. The van der Waals surface area contributed by atoms with Crippen LogP contribution in [0.4, 0.5) is 0 Å². The molecule has 0 aliphatic carbocycles. The third-order valence-electron chi connectivity index (χ3n) is 1.23. The zero-order chi connectivity index (χ0) is 8.36. The molecule has 0 aliphatic rings. The lowest BCUT2D eigenvalue weighted by Gasteiger charge is -2.28. The largest absolute Gasteiger partial charge is 0.437 e. The van der Waals surface area contributed by atoms with Crippen LogP contribution in [0.1, 0.15) is 13.8 Å². The molecule has 4 N–H and O–H groups in total. The number of hydrogen-bond donors (Lipinski definition) is 4. The Morgan fingerprint density at radius 3 is 1.90 bits per heavy atom. The van der Waals surface area contributed by atoms with Gasteiger partial charge in [0.15, 0.2) is 6.29 Å². The van der Waals surface area contributed by atoms with Gasteiger partial charge in [0.25, 0.3) is 0 Å². The monoisotopic (exact) mass is 147 g/mol. The predicted molar refractivity (Wildman–Crippen MR) is 39.3 cm³/mol. The molecule has 0 aliphatic heterocycles. The molecule has 0 spiro atoms. The van der Waals surface area contributed by atoms with Crippen LogP contribution in [0.3, 0.4) is 0 Å². The number of hydrogen-bond acceptors (Lipinski definition) is 4. The smallest absolute Gasteiger partial charge is 0.374 e. The van der Waals surface area contributed by atoms with Crippen LogP contribution < -0.4 is 5.23 Å². The van der Waals surface area contributed by atoms with Crippen molar-refractivity contribution >= 4 is 7.05 Å². The maximum Gasteiger partial charge on any atom is 0.374 e. The fourth-order valence-electron chi connectivity index (χ4n) is 0.613. The third-order valence-corrected chi connectivity index (χ3v) is 1.23. The first-order chi connectivity index (χ1) is 4.36. The summed E-state index contributed by atoms with van der Waals surface area (Å²) >= 11 is 0. The first-order valence-electron chi connectivity index (χ1n) is 3.18. The molecule has 0 bridgehead atoms. The van der Waals surface area contributed by atoms with E-state index in [1.807, 2.05) is 0 Å². The molecular weight excluding hydrogens is 133 g/mol. The summed E-state index contributed by atoms with van der Waals surface area (Å²) in [6.45, 7) is 4.69. The maximum atomic E-state index is 8.80. The van der Waals surface area contributed by atoms with Crippen molar-refractivity contribution < 1.29 is 15.2 Å². The lowest BCUT2D eigenvalue weighted by atomic mass is 9.83. The molecule has 5 heteroatoms. The summed E-state index contributed by atoms with van der Waals surface area (Å²) in [5, 5.41) is 28.8. The van der Waals surface area contributed by atoms with E-state index in [-0.39, 0.29) is 0 Å². The zero-order valence-electron chi connectivity index (χ0n) is 6.50. The Labute approximate surface area is 61.0 Å². The Morgan fingerprint density at radius 1 is 1.40 bits per heavy atom. The molecule has 0 radical (unpaired) electrons. The van der Waals surface area contributed by atoms with Crippen LogP contribution >= 0.6 is 0 Å². The van der Waals surface area contributed by atoms with Gasteiger partial charge >= 0.3 is 7.05 Å². The fraction of sp³-hybridized carbons (Fsp3) is 1.00. The van der Waals surface area contributed by atoms with Gasteiger partial charge in [-0.05, 0) is 20.7 Å². The van der Waals surface area contributed by atoms with E-state index in [1.165, 1.54) is 6.82 Å². The van der Waals surface area contributed by atoms with Crippen molar-refractivity contribution in [3.05, 3.63) is 0 Å². The second-order valence-electron chi connectivity index (χ2n) is 2.92. The molecule has 0 amide bonds. The maximum absolute atomic E-state index is 8.80. The first kappa shape index (κ1) is 9.90. The van der Waals surface area contributed by atoms with Crippen molar-refractivity contribution in [1.29, 1.82) is 0 Å². The first-order valence-corrected chi connectivity index (χ1v) is 3.18. The van der Waals surface area contributed by atoms with E-state index in [2.05, 4.69) is 5.23 Å². The average Bonchev–Trinajstić information content (AvgIpc) is 1.60. The fourth-order valence-corrected chi connectivity index (χ4v) is 0.613. The zero-order valence-corrected chi connectivity index (χ0v) is 6.50. The molecule has 0 fully saturated rings. The van der Waals surface area contributed by atoms with E-state index < -0.39 is 18.9 Å². The molecule has 0 saturated heterocycles. The molecular formula is C5H14BNO3. The van der Waals surface area contributed by atoms with Crippen LogP contribution in [-0.2, 0) is 0 Å². The third kappa shape index (κ3) is 3.17. The summed E-state index contributed by atoms with van der Waals surface area (Å²) in [6, 6.07) is 0. The standard InChI is InChI=1S/C5H14BNO3/c1-5(2,4(8)9)7-6(3)10/h4,7-10H,1-3H3. The lowest BCUT2D eigenvalue weighted by molar-refractivity contribution is -0.0914. The second kappa shape index (κ2) is 3.34. The molecule has 0 aromatic heterocycles. The minimum atomic E-state index is -1.47. The van der Waals surface area contributed by atoms with E-state index >= 15 is 0 Å².